The lowest BCUT2D eigenvalue weighted by Gasteiger charge is -2.26. The molecule has 1 aromatic carbocycles. The zero-order valence-electron chi connectivity index (χ0n) is 11.1. The lowest BCUT2D eigenvalue weighted by atomic mass is 9.84. The molecule has 100 valence electrons. The molecule has 19 heavy (non-hydrogen) atoms. The summed E-state index contributed by atoms with van der Waals surface area (Å²) in [7, 11) is 1.68. The monoisotopic (exact) mass is 257 g/mol. The second kappa shape index (κ2) is 3.97. The minimum atomic E-state index is 0.279. The Labute approximate surface area is 112 Å². The van der Waals surface area contributed by atoms with E-state index in [1.54, 1.807) is 7.11 Å². The second-order valence-electron chi connectivity index (χ2n) is 5.94. The van der Waals surface area contributed by atoms with Crippen molar-refractivity contribution in [1.82, 2.24) is 9.97 Å². The number of nitrogens with two attached hydrogens (primary N) is 1. The quantitative estimate of drug-likeness (QED) is 0.868. The molecule has 2 aliphatic carbocycles. The first kappa shape index (κ1) is 11.3. The predicted octanol–water partition coefficient (Wildman–Crippen LogP) is 2.41. The molecule has 0 aliphatic heterocycles. The Morgan fingerprint density at radius 2 is 2.16 bits per heavy atom. The number of aromatic nitrogens is 2. The van der Waals surface area contributed by atoms with Crippen LogP contribution in [0.4, 0.5) is 0 Å². The summed E-state index contributed by atoms with van der Waals surface area (Å²) < 4.78 is 5.26. The van der Waals surface area contributed by atoms with Gasteiger partial charge in [0.2, 0.25) is 0 Å². The summed E-state index contributed by atoms with van der Waals surface area (Å²) in [5.41, 5.74) is 8.44. The number of aromatic amines is 1. The van der Waals surface area contributed by atoms with E-state index in [0.717, 1.165) is 28.5 Å². The van der Waals surface area contributed by atoms with Crippen LogP contribution in [0.2, 0.25) is 0 Å². The maximum Gasteiger partial charge on any atom is 0.121 e. The van der Waals surface area contributed by atoms with Crippen LogP contribution in [0.1, 0.15) is 31.0 Å². The summed E-state index contributed by atoms with van der Waals surface area (Å²) in [4.78, 5) is 8.20. The molecule has 2 aliphatic rings. The number of benzene rings is 1. The van der Waals surface area contributed by atoms with Crippen LogP contribution in [0.5, 0.6) is 5.75 Å². The molecule has 4 nitrogen and oxygen atoms in total. The fourth-order valence-electron chi connectivity index (χ4n) is 4.03. The Balaban J connectivity index is 1.75. The van der Waals surface area contributed by atoms with Crippen LogP contribution in [0.15, 0.2) is 18.2 Å². The van der Waals surface area contributed by atoms with Crippen molar-refractivity contribution in [3.05, 3.63) is 24.0 Å². The SMILES string of the molecule is COc1ccc2nc(C3C4CCC(C4)C3N)[nH]c2c1. The van der Waals surface area contributed by atoms with E-state index in [2.05, 4.69) is 4.98 Å². The topological polar surface area (TPSA) is 63.9 Å². The standard InChI is InChI=1S/C15H19N3O/c1-19-10-4-5-11-12(7-10)18-15(17-11)13-8-2-3-9(6-8)14(13)16/h4-5,7-9,13-14H,2-3,6,16H2,1H3,(H,17,18). The highest BCUT2D eigenvalue weighted by Crippen LogP contribution is 2.51. The van der Waals surface area contributed by atoms with E-state index in [9.17, 15) is 0 Å². The van der Waals surface area contributed by atoms with E-state index in [-0.39, 0.29) is 6.04 Å². The van der Waals surface area contributed by atoms with E-state index in [4.69, 9.17) is 15.5 Å². The first-order chi connectivity index (χ1) is 9.26. The number of methoxy groups -OCH3 is 1. The van der Waals surface area contributed by atoms with E-state index < -0.39 is 0 Å². The Bertz CT molecular complexity index is 619. The molecule has 4 heteroatoms. The van der Waals surface area contributed by atoms with Crippen molar-refractivity contribution in [3.8, 4) is 5.75 Å². The number of H-pyrrole nitrogens is 1. The molecular weight excluding hydrogens is 238 g/mol. The summed E-state index contributed by atoms with van der Waals surface area (Å²) in [6.07, 6.45) is 3.89. The third kappa shape index (κ3) is 1.59. The van der Waals surface area contributed by atoms with Gasteiger partial charge in [-0.2, -0.15) is 0 Å². The van der Waals surface area contributed by atoms with E-state index in [0.29, 0.717) is 11.8 Å². The number of ether oxygens (including phenoxy) is 1. The summed E-state index contributed by atoms with van der Waals surface area (Å²) in [6, 6.07) is 6.24. The highest BCUT2D eigenvalue weighted by atomic mass is 16.5. The van der Waals surface area contributed by atoms with E-state index >= 15 is 0 Å². The third-order valence-corrected chi connectivity index (χ3v) is 5.00. The lowest BCUT2D eigenvalue weighted by molar-refractivity contribution is 0.356. The normalized spacial score (nSPS) is 33.2. The van der Waals surface area contributed by atoms with Crippen molar-refractivity contribution in [2.24, 2.45) is 17.6 Å². The molecule has 2 saturated carbocycles. The van der Waals surface area contributed by atoms with Crippen LogP contribution < -0.4 is 10.5 Å². The van der Waals surface area contributed by atoms with Gasteiger partial charge < -0.3 is 15.5 Å². The minimum Gasteiger partial charge on any atom is -0.497 e. The van der Waals surface area contributed by atoms with Gasteiger partial charge in [-0.25, -0.2) is 4.98 Å². The smallest absolute Gasteiger partial charge is 0.121 e. The average Bonchev–Trinajstić information content (AvgIpc) is 3.10. The molecule has 0 amide bonds. The van der Waals surface area contributed by atoms with Crippen molar-refractivity contribution in [3.63, 3.8) is 0 Å². The van der Waals surface area contributed by atoms with Crippen LogP contribution in [0.3, 0.4) is 0 Å². The molecule has 0 spiro atoms. The Kier molecular flexibility index (Phi) is 2.36. The molecule has 2 aromatic rings. The molecule has 0 radical (unpaired) electrons. The molecular formula is C15H19N3O. The van der Waals surface area contributed by atoms with Gasteiger partial charge in [0, 0.05) is 18.0 Å². The van der Waals surface area contributed by atoms with Gasteiger partial charge in [0.15, 0.2) is 0 Å². The zero-order valence-corrected chi connectivity index (χ0v) is 11.1. The van der Waals surface area contributed by atoms with Crippen molar-refractivity contribution >= 4 is 11.0 Å². The number of hydrogen-bond donors (Lipinski definition) is 2. The molecule has 4 unspecified atom stereocenters. The maximum atomic E-state index is 6.39. The van der Waals surface area contributed by atoms with Crippen LogP contribution in [0, 0.1) is 11.8 Å². The first-order valence-corrected chi connectivity index (χ1v) is 7.05. The molecule has 2 fully saturated rings. The second-order valence-corrected chi connectivity index (χ2v) is 5.94. The first-order valence-electron chi connectivity index (χ1n) is 7.05. The molecule has 4 atom stereocenters. The van der Waals surface area contributed by atoms with Gasteiger partial charge in [0.25, 0.3) is 0 Å². The molecule has 0 saturated heterocycles. The number of nitrogens with zero attached hydrogens (tertiary/aromatic N) is 1. The van der Waals surface area contributed by atoms with Gasteiger partial charge in [-0.15, -0.1) is 0 Å². The van der Waals surface area contributed by atoms with Crippen LogP contribution in [-0.2, 0) is 0 Å². The number of nitrogens with one attached hydrogen (secondary N) is 1. The highest BCUT2D eigenvalue weighted by Gasteiger charge is 2.47. The van der Waals surface area contributed by atoms with Crippen molar-refractivity contribution in [1.29, 1.82) is 0 Å². The summed E-state index contributed by atoms with van der Waals surface area (Å²) >= 11 is 0. The van der Waals surface area contributed by atoms with Gasteiger partial charge in [0.1, 0.15) is 11.6 Å². The van der Waals surface area contributed by atoms with Crippen LogP contribution >= 0.6 is 0 Å². The van der Waals surface area contributed by atoms with Crippen LogP contribution in [0.25, 0.3) is 11.0 Å². The molecule has 1 heterocycles. The Morgan fingerprint density at radius 3 is 2.89 bits per heavy atom. The average molecular weight is 257 g/mol. The van der Waals surface area contributed by atoms with Gasteiger partial charge in [-0.3, -0.25) is 0 Å². The Morgan fingerprint density at radius 1 is 1.32 bits per heavy atom. The van der Waals surface area contributed by atoms with Gasteiger partial charge in [0.05, 0.1) is 18.1 Å². The number of fused-ring (bicyclic) bond motifs is 3. The van der Waals surface area contributed by atoms with E-state index in [1.165, 1.54) is 19.3 Å². The van der Waals surface area contributed by atoms with Gasteiger partial charge in [-0.1, -0.05) is 0 Å². The number of hydrogen-bond acceptors (Lipinski definition) is 3. The fraction of sp³-hybridized carbons (Fsp3) is 0.533. The van der Waals surface area contributed by atoms with Crippen molar-refractivity contribution in [2.75, 3.05) is 7.11 Å². The third-order valence-electron chi connectivity index (χ3n) is 5.00. The van der Waals surface area contributed by atoms with Crippen LogP contribution in [-0.4, -0.2) is 23.1 Å². The van der Waals surface area contributed by atoms with Crippen molar-refractivity contribution < 1.29 is 4.74 Å². The summed E-state index contributed by atoms with van der Waals surface area (Å²) in [5, 5.41) is 0. The highest BCUT2D eigenvalue weighted by molar-refractivity contribution is 5.77. The zero-order chi connectivity index (χ0) is 13.0. The fourth-order valence-corrected chi connectivity index (χ4v) is 4.03. The Hall–Kier alpha value is -1.55. The molecule has 3 N–H and O–H groups in total. The summed E-state index contributed by atoms with van der Waals surface area (Å²) in [5.74, 6) is 3.78. The largest absolute Gasteiger partial charge is 0.497 e. The van der Waals surface area contributed by atoms with Gasteiger partial charge >= 0.3 is 0 Å². The van der Waals surface area contributed by atoms with E-state index in [1.807, 2.05) is 18.2 Å². The molecule has 4 rings (SSSR count). The predicted molar refractivity (Wildman–Crippen MR) is 74.2 cm³/mol. The number of rotatable bonds is 2. The van der Waals surface area contributed by atoms with Gasteiger partial charge in [-0.05, 0) is 43.2 Å². The van der Waals surface area contributed by atoms with Crippen molar-refractivity contribution in [2.45, 2.75) is 31.2 Å². The molecule has 1 aromatic heterocycles. The lowest BCUT2D eigenvalue weighted by Crippen LogP contribution is -2.34. The maximum absolute atomic E-state index is 6.39. The minimum absolute atomic E-state index is 0.279. The molecule has 2 bridgehead atoms. The number of imidazole rings is 1. The summed E-state index contributed by atoms with van der Waals surface area (Å²) in [6.45, 7) is 0.